The molecule has 0 heterocycles. The number of halogens is 2. The van der Waals surface area contributed by atoms with E-state index in [0.29, 0.717) is 5.69 Å². The number of nitrogens with one attached hydrogen (secondary N) is 1. The van der Waals surface area contributed by atoms with Gasteiger partial charge in [0.1, 0.15) is 0 Å². The van der Waals surface area contributed by atoms with Crippen LogP contribution in [0.4, 0.5) is 11.4 Å². The lowest BCUT2D eigenvalue weighted by atomic mass is 10.2. The van der Waals surface area contributed by atoms with Gasteiger partial charge in [-0.1, -0.05) is 23.2 Å². The maximum Gasteiger partial charge on any atom is 0.272 e. The van der Waals surface area contributed by atoms with Crippen LogP contribution in [0, 0.1) is 10.1 Å². The number of benzene rings is 1. The number of hydrogen-bond donors (Lipinski definition) is 1. The Morgan fingerprint density at radius 1 is 1.33 bits per heavy atom. The van der Waals surface area contributed by atoms with Gasteiger partial charge in [-0.3, -0.25) is 10.1 Å². The summed E-state index contributed by atoms with van der Waals surface area (Å²) in [6.07, 6.45) is 0. The molecule has 0 saturated carbocycles. The Kier molecular flexibility index (Phi) is 3.77. The van der Waals surface area contributed by atoms with Crippen molar-refractivity contribution in [3.05, 3.63) is 32.3 Å². The minimum atomic E-state index is -0.531. The van der Waals surface area contributed by atoms with Crippen LogP contribution >= 0.6 is 23.2 Å². The van der Waals surface area contributed by atoms with Gasteiger partial charge < -0.3 is 5.32 Å². The highest BCUT2D eigenvalue weighted by molar-refractivity contribution is 6.39. The molecule has 1 aromatic rings. The van der Waals surface area contributed by atoms with E-state index in [0.717, 1.165) is 0 Å². The Morgan fingerprint density at radius 2 is 1.80 bits per heavy atom. The zero-order valence-electron chi connectivity index (χ0n) is 8.25. The highest BCUT2D eigenvalue weighted by Gasteiger charge is 2.14. The summed E-state index contributed by atoms with van der Waals surface area (Å²) < 4.78 is 0. The fraction of sp³-hybridized carbons (Fsp3) is 0.333. The van der Waals surface area contributed by atoms with Gasteiger partial charge in [0.2, 0.25) is 0 Å². The van der Waals surface area contributed by atoms with Crippen LogP contribution in [0.5, 0.6) is 0 Å². The highest BCUT2D eigenvalue weighted by atomic mass is 35.5. The van der Waals surface area contributed by atoms with E-state index in [-0.39, 0.29) is 21.8 Å². The molecule has 0 unspecified atom stereocenters. The van der Waals surface area contributed by atoms with E-state index < -0.39 is 4.92 Å². The molecule has 0 spiro atoms. The van der Waals surface area contributed by atoms with Crippen molar-refractivity contribution < 1.29 is 4.92 Å². The summed E-state index contributed by atoms with van der Waals surface area (Å²) >= 11 is 11.7. The van der Waals surface area contributed by atoms with E-state index in [1.54, 1.807) is 0 Å². The van der Waals surface area contributed by atoms with Crippen LogP contribution in [-0.2, 0) is 0 Å². The van der Waals surface area contributed by atoms with Crippen LogP contribution in [0.1, 0.15) is 13.8 Å². The first-order valence-electron chi connectivity index (χ1n) is 4.31. The minimum Gasteiger partial charge on any atom is -0.380 e. The Balaban J connectivity index is 3.15. The first-order chi connectivity index (χ1) is 6.91. The van der Waals surface area contributed by atoms with Crippen molar-refractivity contribution in [3.8, 4) is 0 Å². The Hall–Kier alpha value is -1.00. The van der Waals surface area contributed by atoms with E-state index >= 15 is 0 Å². The van der Waals surface area contributed by atoms with Gasteiger partial charge in [0.05, 0.1) is 20.7 Å². The molecule has 1 aromatic carbocycles. The smallest absolute Gasteiger partial charge is 0.272 e. The summed E-state index contributed by atoms with van der Waals surface area (Å²) in [7, 11) is 0. The Bertz CT molecular complexity index is 371. The second-order valence-electron chi connectivity index (χ2n) is 3.34. The molecule has 0 amide bonds. The van der Waals surface area contributed by atoms with Crippen LogP contribution in [0.15, 0.2) is 12.1 Å². The van der Waals surface area contributed by atoms with Gasteiger partial charge in [-0.2, -0.15) is 0 Å². The van der Waals surface area contributed by atoms with Gasteiger partial charge in [0, 0.05) is 18.2 Å². The molecule has 6 heteroatoms. The monoisotopic (exact) mass is 248 g/mol. The molecule has 0 aliphatic heterocycles. The molecule has 0 aromatic heterocycles. The van der Waals surface area contributed by atoms with Crippen LogP contribution < -0.4 is 5.32 Å². The maximum atomic E-state index is 10.5. The van der Waals surface area contributed by atoms with Crippen molar-refractivity contribution in [2.45, 2.75) is 19.9 Å². The van der Waals surface area contributed by atoms with Gasteiger partial charge in [-0.25, -0.2) is 0 Å². The number of nitrogens with zero attached hydrogens (tertiary/aromatic N) is 1. The number of nitro benzene ring substituents is 1. The summed E-state index contributed by atoms with van der Waals surface area (Å²) in [6, 6.07) is 2.71. The lowest BCUT2D eigenvalue weighted by Crippen LogP contribution is -2.10. The standard InChI is InChI=1S/C9H10Cl2N2O2/c1-5(2)12-9-7(10)3-6(13(14)15)4-8(9)11/h3-5,12H,1-2H3. The molecule has 4 nitrogen and oxygen atoms in total. The average molecular weight is 249 g/mol. The molecule has 0 fully saturated rings. The molecule has 0 saturated heterocycles. The fourth-order valence-corrected chi connectivity index (χ4v) is 1.68. The molecular weight excluding hydrogens is 239 g/mol. The Morgan fingerprint density at radius 3 is 2.13 bits per heavy atom. The van der Waals surface area contributed by atoms with Crippen molar-refractivity contribution in [1.29, 1.82) is 0 Å². The van der Waals surface area contributed by atoms with E-state index in [4.69, 9.17) is 23.2 Å². The van der Waals surface area contributed by atoms with Crippen molar-refractivity contribution in [2.24, 2.45) is 0 Å². The molecule has 0 aliphatic carbocycles. The summed E-state index contributed by atoms with van der Waals surface area (Å²) in [5.74, 6) is 0. The third-order valence-corrected chi connectivity index (χ3v) is 2.27. The number of anilines is 1. The molecule has 0 radical (unpaired) electrons. The summed E-state index contributed by atoms with van der Waals surface area (Å²) in [5.41, 5.74) is 0.415. The third-order valence-electron chi connectivity index (χ3n) is 1.67. The predicted molar refractivity (Wildman–Crippen MR) is 61.9 cm³/mol. The first kappa shape index (κ1) is 12.1. The van der Waals surface area contributed by atoms with Crippen molar-refractivity contribution in [1.82, 2.24) is 0 Å². The third kappa shape index (κ3) is 2.97. The van der Waals surface area contributed by atoms with Crippen molar-refractivity contribution in [3.63, 3.8) is 0 Å². The zero-order chi connectivity index (χ0) is 11.6. The molecule has 1 N–H and O–H groups in total. The molecule has 0 aliphatic rings. The lowest BCUT2D eigenvalue weighted by Gasteiger charge is -2.13. The number of rotatable bonds is 3. The molecular formula is C9H10Cl2N2O2. The zero-order valence-corrected chi connectivity index (χ0v) is 9.76. The quantitative estimate of drug-likeness (QED) is 0.656. The van der Waals surface area contributed by atoms with Crippen LogP contribution in [0.25, 0.3) is 0 Å². The largest absolute Gasteiger partial charge is 0.380 e. The molecule has 0 atom stereocenters. The van der Waals surface area contributed by atoms with Crippen LogP contribution in [0.3, 0.4) is 0 Å². The second-order valence-corrected chi connectivity index (χ2v) is 4.15. The van der Waals surface area contributed by atoms with E-state index in [2.05, 4.69) is 5.32 Å². The van der Waals surface area contributed by atoms with Gasteiger partial charge in [0.15, 0.2) is 0 Å². The van der Waals surface area contributed by atoms with Gasteiger partial charge in [-0.15, -0.1) is 0 Å². The fourth-order valence-electron chi connectivity index (χ4n) is 1.09. The predicted octanol–water partition coefficient (Wildman–Crippen LogP) is 3.72. The molecule has 1 rings (SSSR count). The molecule has 0 bridgehead atoms. The lowest BCUT2D eigenvalue weighted by molar-refractivity contribution is -0.384. The van der Waals surface area contributed by atoms with E-state index in [9.17, 15) is 10.1 Å². The topological polar surface area (TPSA) is 55.2 Å². The molecule has 82 valence electrons. The Labute approximate surface area is 97.3 Å². The second kappa shape index (κ2) is 4.68. The number of nitro groups is 1. The van der Waals surface area contributed by atoms with Crippen LogP contribution in [0.2, 0.25) is 10.0 Å². The highest BCUT2D eigenvalue weighted by Crippen LogP contribution is 2.34. The van der Waals surface area contributed by atoms with Crippen molar-refractivity contribution in [2.75, 3.05) is 5.32 Å². The average Bonchev–Trinajstić information content (AvgIpc) is 2.10. The minimum absolute atomic E-state index is 0.112. The first-order valence-corrected chi connectivity index (χ1v) is 5.07. The van der Waals surface area contributed by atoms with Crippen molar-refractivity contribution >= 4 is 34.6 Å². The van der Waals surface area contributed by atoms with Crippen LogP contribution in [-0.4, -0.2) is 11.0 Å². The number of hydrogen-bond acceptors (Lipinski definition) is 3. The number of non-ortho nitro benzene ring substituents is 1. The van der Waals surface area contributed by atoms with E-state index in [1.165, 1.54) is 12.1 Å². The summed E-state index contributed by atoms with van der Waals surface area (Å²) in [6.45, 7) is 3.85. The normalized spacial score (nSPS) is 10.5. The SMILES string of the molecule is CC(C)Nc1c(Cl)cc([N+](=O)[O-])cc1Cl. The summed E-state index contributed by atoms with van der Waals surface area (Å²) in [4.78, 5) is 9.98. The van der Waals surface area contributed by atoms with E-state index in [1.807, 2.05) is 13.8 Å². The van der Waals surface area contributed by atoms with Gasteiger partial charge >= 0.3 is 0 Å². The summed E-state index contributed by atoms with van der Waals surface area (Å²) in [5, 5.41) is 14.0. The van der Waals surface area contributed by atoms with Gasteiger partial charge in [-0.05, 0) is 13.8 Å². The van der Waals surface area contributed by atoms with Gasteiger partial charge in [0.25, 0.3) is 5.69 Å². The molecule has 15 heavy (non-hydrogen) atoms. The maximum absolute atomic E-state index is 10.5.